The minimum absolute atomic E-state index is 0.0799. The van der Waals surface area contributed by atoms with E-state index in [1.807, 2.05) is 0 Å². The molecule has 0 aliphatic carbocycles. The summed E-state index contributed by atoms with van der Waals surface area (Å²) in [6.07, 6.45) is 0. The van der Waals surface area contributed by atoms with E-state index in [0.717, 1.165) is 0 Å². The van der Waals surface area contributed by atoms with Crippen LogP contribution in [0.2, 0.25) is 0 Å². The third kappa shape index (κ3) is 4.93. The van der Waals surface area contributed by atoms with Gasteiger partial charge in [-0.2, -0.15) is 0 Å². The summed E-state index contributed by atoms with van der Waals surface area (Å²) < 4.78 is 0. The number of nitrogens with zero attached hydrogens (tertiary/aromatic N) is 1. The molecule has 0 aliphatic rings. The van der Waals surface area contributed by atoms with E-state index < -0.39 is 10.8 Å². The molecule has 0 aliphatic heterocycles. The van der Waals surface area contributed by atoms with Gasteiger partial charge < -0.3 is 10.6 Å². The van der Waals surface area contributed by atoms with Crippen LogP contribution in [0.1, 0.15) is 31.1 Å². The predicted molar refractivity (Wildman–Crippen MR) is 111 cm³/mol. The van der Waals surface area contributed by atoms with Crippen molar-refractivity contribution < 1.29 is 19.3 Å². The van der Waals surface area contributed by atoms with E-state index in [1.165, 1.54) is 42.5 Å². The zero-order valence-corrected chi connectivity index (χ0v) is 15.7. The normalized spacial score (nSPS) is 10.1. The molecule has 0 atom stereocenters. The Morgan fingerprint density at radius 3 is 1.97 bits per heavy atom. The predicted octanol–water partition coefficient (Wildman–Crippen LogP) is 3.46. The molecule has 8 nitrogen and oxygen atoms in total. The molecule has 3 aromatic rings. The summed E-state index contributed by atoms with van der Waals surface area (Å²) in [6.45, 7) is -0.185. The first-order valence-corrected chi connectivity index (χ1v) is 8.97. The molecule has 0 saturated heterocycles. The largest absolute Gasteiger partial charge is 0.345 e. The number of hydrogen-bond acceptors (Lipinski definition) is 5. The summed E-state index contributed by atoms with van der Waals surface area (Å²) in [7, 11) is 0. The van der Waals surface area contributed by atoms with E-state index in [4.69, 9.17) is 0 Å². The fraction of sp³-hybridized carbons (Fsp3) is 0.0455. The van der Waals surface area contributed by atoms with Gasteiger partial charge in [-0.3, -0.25) is 24.5 Å². The van der Waals surface area contributed by atoms with Gasteiger partial charge in [-0.15, -0.1) is 0 Å². The van der Waals surface area contributed by atoms with Crippen LogP contribution in [-0.2, 0) is 0 Å². The second kappa shape index (κ2) is 9.24. The zero-order chi connectivity index (χ0) is 21.5. The molecule has 0 bridgehead atoms. The maximum atomic E-state index is 12.4. The van der Waals surface area contributed by atoms with Crippen molar-refractivity contribution in [3.05, 3.63) is 106 Å². The van der Waals surface area contributed by atoms with Crippen LogP contribution in [0.25, 0.3) is 0 Å². The number of hydrogen-bond donors (Lipinski definition) is 2. The van der Waals surface area contributed by atoms with Crippen LogP contribution < -0.4 is 10.6 Å². The minimum Gasteiger partial charge on any atom is -0.345 e. The molecular weight excluding hydrogens is 386 g/mol. The van der Waals surface area contributed by atoms with Gasteiger partial charge in [0, 0.05) is 22.8 Å². The Kier molecular flexibility index (Phi) is 6.29. The average molecular weight is 403 g/mol. The van der Waals surface area contributed by atoms with Gasteiger partial charge in [-0.25, -0.2) is 0 Å². The number of carbonyl (C=O) groups is 3. The van der Waals surface area contributed by atoms with Crippen LogP contribution in [0.4, 0.5) is 11.4 Å². The molecule has 150 valence electrons. The number of nitro benzene ring substituents is 1. The summed E-state index contributed by atoms with van der Waals surface area (Å²) in [6, 6.07) is 20.1. The number of nitro groups is 1. The number of rotatable bonds is 7. The molecule has 0 unspecified atom stereocenters. The Bertz CT molecular complexity index is 1100. The molecule has 2 N–H and O–H groups in total. The summed E-state index contributed by atoms with van der Waals surface area (Å²) >= 11 is 0. The number of para-hydroxylation sites is 2. The fourth-order valence-electron chi connectivity index (χ4n) is 2.69. The third-order valence-corrected chi connectivity index (χ3v) is 4.26. The monoisotopic (exact) mass is 403 g/mol. The molecule has 3 aromatic carbocycles. The number of Topliss-reactive ketones (excluding diaryl/α,β-unsaturated/α-hetero) is 1. The van der Waals surface area contributed by atoms with Crippen molar-refractivity contribution in [1.82, 2.24) is 5.32 Å². The van der Waals surface area contributed by atoms with Crippen molar-refractivity contribution in [2.24, 2.45) is 0 Å². The van der Waals surface area contributed by atoms with E-state index in [2.05, 4.69) is 10.6 Å². The van der Waals surface area contributed by atoms with Gasteiger partial charge in [-0.1, -0.05) is 42.5 Å². The molecule has 0 aromatic heterocycles. The average Bonchev–Trinajstić information content (AvgIpc) is 2.78. The van der Waals surface area contributed by atoms with Crippen LogP contribution in [0.15, 0.2) is 78.9 Å². The van der Waals surface area contributed by atoms with Crippen LogP contribution in [0.3, 0.4) is 0 Å². The smallest absolute Gasteiger partial charge is 0.292 e. The summed E-state index contributed by atoms with van der Waals surface area (Å²) in [4.78, 5) is 47.1. The first-order valence-electron chi connectivity index (χ1n) is 8.97. The highest BCUT2D eigenvalue weighted by Crippen LogP contribution is 2.23. The molecule has 0 heterocycles. The zero-order valence-electron chi connectivity index (χ0n) is 15.7. The van der Waals surface area contributed by atoms with E-state index in [-0.39, 0.29) is 35.2 Å². The number of anilines is 1. The maximum absolute atomic E-state index is 12.4. The first-order chi connectivity index (χ1) is 14.5. The van der Waals surface area contributed by atoms with E-state index in [9.17, 15) is 24.5 Å². The van der Waals surface area contributed by atoms with Gasteiger partial charge in [-0.05, 0) is 30.3 Å². The molecule has 30 heavy (non-hydrogen) atoms. The second-order valence-corrected chi connectivity index (χ2v) is 6.28. The fourth-order valence-corrected chi connectivity index (χ4v) is 2.69. The molecule has 8 heteroatoms. The number of benzene rings is 3. The molecule has 0 spiro atoms. The van der Waals surface area contributed by atoms with Crippen molar-refractivity contribution in [3.8, 4) is 0 Å². The van der Waals surface area contributed by atoms with Crippen molar-refractivity contribution in [3.63, 3.8) is 0 Å². The number of nitrogens with one attached hydrogen (secondary N) is 2. The molecule has 0 saturated carbocycles. The molecule has 0 radical (unpaired) electrons. The maximum Gasteiger partial charge on any atom is 0.292 e. The van der Waals surface area contributed by atoms with Crippen molar-refractivity contribution in [2.75, 3.05) is 11.9 Å². The lowest BCUT2D eigenvalue weighted by atomic mass is 10.1. The molecule has 3 rings (SSSR count). The van der Waals surface area contributed by atoms with Crippen molar-refractivity contribution in [1.29, 1.82) is 0 Å². The summed E-state index contributed by atoms with van der Waals surface area (Å²) in [5, 5.41) is 16.1. The van der Waals surface area contributed by atoms with Gasteiger partial charge in [0.05, 0.1) is 11.5 Å². The van der Waals surface area contributed by atoms with Crippen LogP contribution in [0, 0.1) is 10.1 Å². The quantitative estimate of drug-likeness (QED) is 0.356. The van der Waals surface area contributed by atoms with Crippen molar-refractivity contribution in [2.45, 2.75) is 0 Å². The highest BCUT2D eigenvalue weighted by Gasteiger charge is 2.16. The Labute approximate surface area is 171 Å². The van der Waals surface area contributed by atoms with Crippen LogP contribution in [-0.4, -0.2) is 29.1 Å². The Morgan fingerprint density at radius 2 is 1.30 bits per heavy atom. The Morgan fingerprint density at radius 1 is 0.733 bits per heavy atom. The van der Waals surface area contributed by atoms with Gasteiger partial charge in [0.2, 0.25) is 0 Å². The van der Waals surface area contributed by atoms with E-state index >= 15 is 0 Å². The van der Waals surface area contributed by atoms with Gasteiger partial charge in [0.25, 0.3) is 17.5 Å². The first kappa shape index (κ1) is 20.4. The van der Waals surface area contributed by atoms with E-state index in [0.29, 0.717) is 11.1 Å². The highest BCUT2D eigenvalue weighted by atomic mass is 16.6. The lowest BCUT2D eigenvalue weighted by Gasteiger charge is -2.07. The second-order valence-electron chi connectivity index (χ2n) is 6.28. The third-order valence-electron chi connectivity index (χ3n) is 4.26. The molecule has 2 amide bonds. The van der Waals surface area contributed by atoms with Crippen LogP contribution in [0.5, 0.6) is 0 Å². The summed E-state index contributed by atoms with van der Waals surface area (Å²) in [5.74, 6) is -1.21. The highest BCUT2D eigenvalue weighted by molar-refractivity contribution is 6.06. The number of amides is 2. The van der Waals surface area contributed by atoms with Crippen molar-refractivity contribution >= 4 is 29.0 Å². The van der Waals surface area contributed by atoms with Gasteiger partial charge in [0.1, 0.15) is 5.69 Å². The standard InChI is InChI=1S/C22H17N3O5/c26-20(14-23-21(27)16-6-2-1-3-7-16)15-10-12-17(13-11-15)22(28)24-18-8-4-5-9-19(18)25(29)30/h1-13H,14H2,(H,23,27)(H,24,28). The minimum atomic E-state index is -0.582. The molecule has 0 fully saturated rings. The summed E-state index contributed by atoms with van der Waals surface area (Å²) in [5.41, 5.74) is 0.874. The topological polar surface area (TPSA) is 118 Å². The van der Waals surface area contributed by atoms with Gasteiger partial charge in [0.15, 0.2) is 5.78 Å². The SMILES string of the molecule is O=C(CNC(=O)c1ccccc1)c1ccc(C(=O)Nc2ccccc2[N+](=O)[O-])cc1. The van der Waals surface area contributed by atoms with E-state index in [1.54, 1.807) is 36.4 Å². The Balaban J connectivity index is 1.62. The molecular formula is C22H17N3O5. The lowest BCUT2D eigenvalue weighted by Crippen LogP contribution is -2.29. The number of ketones is 1. The van der Waals surface area contributed by atoms with Gasteiger partial charge >= 0.3 is 0 Å². The number of carbonyl (C=O) groups excluding carboxylic acids is 3. The Hall–Kier alpha value is -4.33. The lowest BCUT2D eigenvalue weighted by molar-refractivity contribution is -0.383. The van der Waals surface area contributed by atoms with Crippen LogP contribution >= 0.6 is 0 Å².